The Morgan fingerprint density at radius 3 is 2.75 bits per heavy atom. The van der Waals surface area contributed by atoms with Gasteiger partial charge in [0.2, 0.25) is 5.89 Å². The van der Waals surface area contributed by atoms with Gasteiger partial charge in [0.05, 0.1) is 12.2 Å². The molecule has 0 spiro atoms. The minimum atomic E-state index is 0.134. The number of fused-ring (bicyclic) bond motifs is 1. The molecule has 0 radical (unpaired) electrons. The normalized spacial score (nSPS) is 12.7. The Balaban J connectivity index is 1.94. The van der Waals surface area contributed by atoms with Gasteiger partial charge in [-0.3, -0.25) is 0 Å². The van der Waals surface area contributed by atoms with Crippen molar-refractivity contribution in [1.29, 1.82) is 0 Å². The third kappa shape index (κ3) is 2.45. The molecule has 2 aromatic carbocycles. The lowest BCUT2D eigenvalue weighted by Crippen LogP contribution is -2.17. The highest BCUT2D eigenvalue weighted by Crippen LogP contribution is 2.26. The van der Waals surface area contributed by atoms with E-state index in [4.69, 9.17) is 4.42 Å². The number of aromatic nitrogens is 1. The molecular weight excluding hydrogens is 248 g/mol. The molecule has 0 bridgehead atoms. The fraction of sp³-hybridized carbons (Fsp3) is 0.235. The first-order valence-corrected chi connectivity index (χ1v) is 6.96. The van der Waals surface area contributed by atoms with Gasteiger partial charge < -0.3 is 9.73 Å². The molecule has 1 N–H and O–H groups in total. The molecule has 0 fully saturated rings. The summed E-state index contributed by atoms with van der Waals surface area (Å²) < 4.78 is 5.86. The van der Waals surface area contributed by atoms with E-state index >= 15 is 0 Å². The first-order chi connectivity index (χ1) is 9.78. The molecule has 3 nitrogen and oxygen atoms in total. The summed E-state index contributed by atoms with van der Waals surface area (Å²) >= 11 is 0. The number of oxazole rings is 1. The number of hydrogen-bond donors (Lipinski definition) is 1. The Bertz CT molecular complexity index is 718. The van der Waals surface area contributed by atoms with Crippen LogP contribution in [0.25, 0.3) is 22.1 Å². The highest BCUT2D eigenvalue weighted by Gasteiger charge is 2.12. The molecule has 0 saturated heterocycles. The van der Waals surface area contributed by atoms with Gasteiger partial charge >= 0.3 is 0 Å². The van der Waals surface area contributed by atoms with E-state index in [0.29, 0.717) is 0 Å². The second-order valence-electron chi connectivity index (χ2n) is 4.90. The zero-order valence-corrected chi connectivity index (χ0v) is 11.8. The zero-order valence-electron chi connectivity index (χ0n) is 11.8. The van der Waals surface area contributed by atoms with Crippen molar-refractivity contribution in [3.05, 3.63) is 54.6 Å². The van der Waals surface area contributed by atoms with Crippen LogP contribution in [0, 0.1) is 0 Å². The largest absolute Gasteiger partial charge is 0.439 e. The van der Waals surface area contributed by atoms with E-state index in [1.54, 1.807) is 6.20 Å². The summed E-state index contributed by atoms with van der Waals surface area (Å²) in [5.74, 6) is 1.55. The van der Waals surface area contributed by atoms with Gasteiger partial charge in [0, 0.05) is 5.56 Å². The van der Waals surface area contributed by atoms with Crippen molar-refractivity contribution in [2.24, 2.45) is 0 Å². The number of nitrogens with zero attached hydrogens (tertiary/aromatic N) is 1. The van der Waals surface area contributed by atoms with E-state index in [-0.39, 0.29) is 6.04 Å². The lowest BCUT2D eigenvalue weighted by Gasteiger charge is -2.07. The molecule has 0 saturated carbocycles. The minimum absolute atomic E-state index is 0.134. The van der Waals surface area contributed by atoms with Crippen LogP contribution in [0.3, 0.4) is 0 Å². The molecule has 1 aromatic heterocycles. The van der Waals surface area contributed by atoms with Crippen molar-refractivity contribution in [3.63, 3.8) is 0 Å². The average Bonchev–Trinajstić information content (AvgIpc) is 2.97. The number of rotatable bonds is 4. The topological polar surface area (TPSA) is 38.1 Å². The van der Waals surface area contributed by atoms with Crippen molar-refractivity contribution < 1.29 is 4.42 Å². The van der Waals surface area contributed by atoms with E-state index < -0.39 is 0 Å². The number of benzene rings is 2. The van der Waals surface area contributed by atoms with Crippen LogP contribution in [0.2, 0.25) is 0 Å². The smallest absolute Gasteiger partial charge is 0.211 e. The van der Waals surface area contributed by atoms with Gasteiger partial charge in [-0.2, -0.15) is 0 Å². The average molecular weight is 266 g/mol. The summed E-state index contributed by atoms with van der Waals surface area (Å²) in [4.78, 5) is 4.36. The molecule has 3 rings (SSSR count). The molecule has 0 aliphatic heterocycles. The van der Waals surface area contributed by atoms with Gasteiger partial charge in [-0.15, -0.1) is 0 Å². The predicted molar refractivity (Wildman–Crippen MR) is 81.5 cm³/mol. The molecule has 20 heavy (non-hydrogen) atoms. The molecule has 1 unspecified atom stereocenters. The SMILES string of the molecule is CCNC(C)c1ncc(-c2ccc3ccccc3c2)o1. The van der Waals surface area contributed by atoms with Crippen molar-refractivity contribution >= 4 is 10.8 Å². The van der Waals surface area contributed by atoms with Crippen molar-refractivity contribution in [2.45, 2.75) is 19.9 Å². The molecule has 0 aliphatic carbocycles. The van der Waals surface area contributed by atoms with Crippen LogP contribution in [0.5, 0.6) is 0 Å². The van der Waals surface area contributed by atoms with Gasteiger partial charge in [-0.1, -0.05) is 43.3 Å². The summed E-state index contributed by atoms with van der Waals surface area (Å²) in [5, 5.41) is 5.74. The standard InChI is InChI=1S/C17H18N2O/c1-3-18-12(2)17-19-11-16(20-17)15-9-8-13-6-4-5-7-14(13)10-15/h4-12,18H,3H2,1-2H3. The second kappa shape index (κ2) is 5.47. The Morgan fingerprint density at radius 1 is 1.15 bits per heavy atom. The fourth-order valence-corrected chi connectivity index (χ4v) is 2.36. The predicted octanol–water partition coefficient (Wildman–Crippen LogP) is 4.17. The van der Waals surface area contributed by atoms with Gasteiger partial charge in [0.25, 0.3) is 0 Å². The Hall–Kier alpha value is -2.13. The monoisotopic (exact) mass is 266 g/mol. The molecule has 3 aromatic rings. The summed E-state index contributed by atoms with van der Waals surface area (Å²) in [6, 6.07) is 14.8. The summed E-state index contributed by atoms with van der Waals surface area (Å²) in [6.45, 7) is 5.03. The van der Waals surface area contributed by atoms with Crippen molar-refractivity contribution in [2.75, 3.05) is 6.54 Å². The lowest BCUT2D eigenvalue weighted by molar-refractivity contribution is 0.429. The van der Waals surface area contributed by atoms with Crippen LogP contribution in [0.1, 0.15) is 25.8 Å². The lowest BCUT2D eigenvalue weighted by atomic mass is 10.1. The minimum Gasteiger partial charge on any atom is -0.439 e. The maximum atomic E-state index is 5.86. The molecule has 102 valence electrons. The zero-order chi connectivity index (χ0) is 13.9. The van der Waals surface area contributed by atoms with Crippen molar-refractivity contribution in [3.8, 4) is 11.3 Å². The van der Waals surface area contributed by atoms with Gasteiger partial charge in [-0.05, 0) is 30.3 Å². The Morgan fingerprint density at radius 2 is 1.95 bits per heavy atom. The quantitative estimate of drug-likeness (QED) is 0.770. The maximum absolute atomic E-state index is 5.86. The Labute approximate surface area is 118 Å². The first-order valence-electron chi connectivity index (χ1n) is 6.96. The molecular formula is C17H18N2O. The molecule has 1 atom stereocenters. The second-order valence-corrected chi connectivity index (χ2v) is 4.90. The van der Waals surface area contributed by atoms with Gasteiger partial charge in [0.15, 0.2) is 5.76 Å². The van der Waals surface area contributed by atoms with Crippen LogP contribution in [-0.4, -0.2) is 11.5 Å². The summed E-state index contributed by atoms with van der Waals surface area (Å²) in [7, 11) is 0. The number of nitrogens with one attached hydrogen (secondary N) is 1. The molecule has 3 heteroatoms. The van der Waals surface area contributed by atoms with Crippen molar-refractivity contribution in [1.82, 2.24) is 10.3 Å². The van der Waals surface area contributed by atoms with Crippen LogP contribution in [0.15, 0.2) is 53.1 Å². The van der Waals surface area contributed by atoms with Crippen LogP contribution < -0.4 is 5.32 Å². The molecule has 0 amide bonds. The van der Waals surface area contributed by atoms with Crippen LogP contribution >= 0.6 is 0 Å². The van der Waals surface area contributed by atoms with E-state index in [9.17, 15) is 0 Å². The van der Waals surface area contributed by atoms with E-state index in [2.05, 4.69) is 54.5 Å². The summed E-state index contributed by atoms with van der Waals surface area (Å²) in [5.41, 5.74) is 1.06. The third-order valence-electron chi connectivity index (χ3n) is 3.44. The van der Waals surface area contributed by atoms with Crippen LogP contribution in [0.4, 0.5) is 0 Å². The molecule has 0 aliphatic rings. The number of hydrogen-bond acceptors (Lipinski definition) is 3. The highest BCUT2D eigenvalue weighted by atomic mass is 16.4. The van der Waals surface area contributed by atoms with Crippen LogP contribution in [-0.2, 0) is 0 Å². The maximum Gasteiger partial charge on any atom is 0.211 e. The summed E-state index contributed by atoms with van der Waals surface area (Å²) in [6.07, 6.45) is 1.80. The van der Waals surface area contributed by atoms with E-state index in [1.165, 1.54) is 10.8 Å². The van der Waals surface area contributed by atoms with Gasteiger partial charge in [0.1, 0.15) is 0 Å². The third-order valence-corrected chi connectivity index (χ3v) is 3.44. The van der Waals surface area contributed by atoms with E-state index in [1.807, 2.05) is 12.1 Å². The fourth-order valence-electron chi connectivity index (χ4n) is 2.36. The van der Waals surface area contributed by atoms with Gasteiger partial charge in [-0.25, -0.2) is 4.98 Å². The molecule has 1 heterocycles. The Kier molecular flexibility index (Phi) is 3.52. The van der Waals surface area contributed by atoms with E-state index in [0.717, 1.165) is 23.8 Å². The first kappa shape index (κ1) is 12.9. The highest BCUT2D eigenvalue weighted by molar-refractivity contribution is 5.86.